The molecule has 108 valence electrons. The Morgan fingerprint density at radius 2 is 2.05 bits per heavy atom. The van der Waals surface area contributed by atoms with Crippen LogP contribution in [0.25, 0.3) is 0 Å². The van der Waals surface area contributed by atoms with Crippen molar-refractivity contribution in [3.05, 3.63) is 35.9 Å². The molecule has 1 amide bonds. The summed E-state index contributed by atoms with van der Waals surface area (Å²) in [6.45, 7) is 3.17. The topological polar surface area (TPSA) is 32.3 Å². The molecule has 0 aromatic heterocycles. The maximum absolute atomic E-state index is 12.6. The van der Waals surface area contributed by atoms with Crippen molar-refractivity contribution in [1.82, 2.24) is 10.2 Å². The summed E-state index contributed by atoms with van der Waals surface area (Å²) in [4.78, 5) is 14.7. The van der Waals surface area contributed by atoms with Crippen LogP contribution in [0, 0.1) is 5.92 Å². The predicted octanol–water partition coefficient (Wildman–Crippen LogP) is 2.22. The summed E-state index contributed by atoms with van der Waals surface area (Å²) in [5.41, 5.74) is 1.13. The molecule has 20 heavy (non-hydrogen) atoms. The summed E-state index contributed by atoms with van der Waals surface area (Å²) >= 11 is 0. The Balaban J connectivity index is 1.64. The Hall–Kier alpha value is -1.35. The lowest BCUT2D eigenvalue weighted by Gasteiger charge is -2.34. The number of amides is 1. The molecule has 2 atom stereocenters. The molecule has 0 saturated carbocycles. The van der Waals surface area contributed by atoms with Gasteiger partial charge < -0.3 is 10.2 Å². The van der Waals surface area contributed by atoms with Gasteiger partial charge in [0.25, 0.3) is 0 Å². The van der Waals surface area contributed by atoms with Crippen molar-refractivity contribution in [2.45, 2.75) is 38.1 Å². The normalized spacial score (nSPS) is 26.7. The second-order valence-corrected chi connectivity index (χ2v) is 6.07. The second kappa shape index (κ2) is 6.40. The van der Waals surface area contributed by atoms with Crippen molar-refractivity contribution >= 4 is 5.91 Å². The van der Waals surface area contributed by atoms with E-state index in [4.69, 9.17) is 0 Å². The summed E-state index contributed by atoms with van der Waals surface area (Å²) < 4.78 is 0. The third-order valence-corrected chi connectivity index (χ3v) is 4.70. The zero-order valence-corrected chi connectivity index (χ0v) is 12.1. The minimum absolute atomic E-state index is 0.310. The lowest BCUT2D eigenvalue weighted by molar-refractivity contribution is -0.132. The lowest BCUT2D eigenvalue weighted by atomic mass is 9.90. The molecule has 1 aromatic carbocycles. The SMILES string of the molecule is O=C(Cc1ccccc1)N1CCCC1C1CCCNC1. The molecule has 1 N–H and O–H groups in total. The highest BCUT2D eigenvalue weighted by Gasteiger charge is 2.34. The van der Waals surface area contributed by atoms with Crippen LogP contribution in [0.15, 0.2) is 30.3 Å². The lowest BCUT2D eigenvalue weighted by Crippen LogP contribution is -2.46. The van der Waals surface area contributed by atoms with Gasteiger partial charge in [-0.05, 0) is 50.3 Å². The van der Waals surface area contributed by atoms with E-state index in [2.05, 4.69) is 10.2 Å². The van der Waals surface area contributed by atoms with E-state index in [-0.39, 0.29) is 0 Å². The number of nitrogens with zero attached hydrogens (tertiary/aromatic N) is 1. The molecule has 3 nitrogen and oxygen atoms in total. The van der Waals surface area contributed by atoms with Crippen molar-refractivity contribution in [3.8, 4) is 0 Å². The van der Waals surface area contributed by atoms with Gasteiger partial charge in [0.15, 0.2) is 0 Å². The van der Waals surface area contributed by atoms with Gasteiger partial charge in [-0.3, -0.25) is 4.79 Å². The van der Waals surface area contributed by atoms with Gasteiger partial charge in [0.1, 0.15) is 0 Å². The molecule has 0 bridgehead atoms. The van der Waals surface area contributed by atoms with Crippen LogP contribution in [0.3, 0.4) is 0 Å². The first-order valence-electron chi connectivity index (χ1n) is 7.89. The zero-order chi connectivity index (χ0) is 13.8. The number of piperidine rings is 1. The third-order valence-electron chi connectivity index (χ3n) is 4.70. The third kappa shape index (κ3) is 3.04. The smallest absolute Gasteiger partial charge is 0.227 e. The van der Waals surface area contributed by atoms with Crippen LogP contribution in [0.1, 0.15) is 31.2 Å². The average Bonchev–Trinajstić information content (AvgIpc) is 2.99. The minimum atomic E-state index is 0.310. The molecule has 0 radical (unpaired) electrons. The largest absolute Gasteiger partial charge is 0.339 e. The maximum Gasteiger partial charge on any atom is 0.227 e. The number of benzene rings is 1. The molecule has 3 rings (SSSR count). The molecule has 2 aliphatic rings. The van der Waals surface area contributed by atoms with Gasteiger partial charge in [-0.25, -0.2) is 0 Å². The number of nitrogens with one attached hydrogen (secondary N) is 1. The van der Waals surface area contributed by atoms with Crippen LogP contribution in [-0.4, -0.2) is 36.5 Å². The Kier molecular flexibility index (Phi) is 4.36. The van der Waals surface area contributed by atoms with Gasteiger partial charge in [-0.2, -0.15) is 0 Å². The van der Waals surface area contributed by atoms with Gasteiger partial charge in [-0.15, -0.1) is 0 Å². The first kappa shape index (κ1) is 13.6. The van der Waals surface area contributed by atoms with Gasteiger partial charge in [0, 0.05) is 12.6 Å². The minimum Gasteiger partial charge on any atom is -0.339 e. The molecule has 2 fully saturated rings. The number of carbonyl (C=O) groups excluding carboxylic acids is 1. The van der Waals surface area contributed by atoms with E-state index in [0.29, 0.717) is 24.3 Å². The van der Waals surface area contributed by atoms with Crippen LogP contribution in [0.4, 0.5) is 0 Å². The fourth-order valence-electron chi connectivity index (χ4n) is 3.67. The van der Waals surface area contributed by atoms with E-state index in [1.807, 2.05) is 30.3 Å². The summed E-state index contributed by atoms with van der Waals surface area (Å²) in [5, 5.41) is 3.48. The monoisotopic (exact) mass is 272 g/mol. The van der Waals surface area contributed by atoms with Crippen LogP contribution >= 0.6 is 0 Å². The quantitative estimate of drug-likeness (QED) is 0.915. The zero-order valence-electron chi connectivity index (χ0n) is 12.1. The predicted molar refractivity (Wildman–Crippen MR) is 80.5 cm³/mol. The maximum atomic E-state index is 12.6. The highest BCUT2D eigenvalue weighted by atomic mass is 16.2. The molecular weight excluding hydrogens is 248 g/mol. The van der Waals surface area contributed by atoms with Crippen molar-refractivity contribution in [2.24, 2.45) is 5.92 Å². The van der Waals surface area contributed by atoms with Crippen LogP contribution in [-0.2, 0) is 11.2 Å². The molecule has 1 aromatic rings. The Morgan fingerprint density at radius 1 is 1.20 bits per heavy atom. The van der Waals surface area contributed by atoms with Crippen molar-refractivity contribution in [2.75, 3.05) is 19.6 Å². The molecule has 2 unspecified atom stereocenters. The van der Waals surface area contributed by atoms with E-state index in [9.17, 15) is 4.79 Å². The number of hydrogen-bond acceptors (Lipinski definition) is 2. The van der Waals surface area contributed by atoms with Crippen LogP contribution in [0.5, 0.6) is 0 Å². The second-order valence-electron chi connectivity index (χ2n) is 6.07. The molecule has 2 saturated heterocycles. The first-order chi connectivity index (χ1) is 9.84. The van der Waals surface area contributed by atoms with Crippen LogP contribution in [0.2, 0.25) is 0 Å². The Morgan fingerprint density at radius 3 is 2.80 bits per heavy atom. The van der Waals surface area contributed by atoms with Gasteiger partial charge >= 0.3 is 0 Å². The fraction of sp³-hybridized carbons (Fsp3) is 0.588. The summed E-state index contributed by atoms with van der Waals surface area (Å²) in [7, 11) is 0. The molecule has 0 aliphatic carbocycles. The number of rotatable bonds is 3. The highest BCUT2D eigenvalue weighted by Crippen LogP contribution is 2.28. The Bertz CT molecular complexity index is 440. The standard InChI is InChI=1S/C17H24N2O/c20-17(12-14-6-2-1-3-7-14)19-11-5-9-16(19)15-8-4-10-18-13-15/h1-3,6-7,15-16,18H,4-5,8-13H2. The van der Waals surface area contributed by atoms with Gasteiger partial charge in [-0.1, -0.05) is 30.3 Å². The van der Waals surface area contributed by atoms with Gasteiger partial charge in [0.05, 0.1) is 6.42 Å². The molecule has 2 heterocycles. The summed E-state index contributed by atoms with van der Waals surface area (Å²) in [6, 6.07) is 10.6. The molecule has 3 heteroatoms. The summed E-state index contributed by atoms with van der Waals surface area (Å²) in [5.74, 6) is 0.968. The van der Waals surface area contributed by atoms with E-state index in [1.165, 1.54) is 25.7 Å². The summed E-state index contributed by atoms with van der Waals surface area (Å²) in [6.07, 6.45) is 5.43. The molecule has 2 aliphatic heterocycles. The van der Waals surface area contributed by atoms with E-state index in [1.54, 1.807) is 0 Å². The molecular formula is C17H24N2O. The average molecular weight is 272 g/mol. The van der Waals surface area contributed by atoms with Crippen LogP contribution < -0.4 is 5.32 Å². The fourth-order valence-corrected chi connectivity index (χ4v) is 3.67. The Labute approximate surface area is 121 Å². The van der Waals surface area contributed by atoms with Gasteiger partial charge in [0.2, 0.25) is 5.91 Å². The molecule has 0 spiro atoms. The van der Waals surface area contributed by atoms with Crippen molar-refractivity contribution < 1.29 is 4.79 Å². The number of carbonyl (C=O) groups is 1. The van der Waals surface area contributed by atoms with E-state index < -0.39 is 0 Å². The van der Waals surface area contributed by atoms with E-state index in [0.717, 1.165) is 25.2 Å². The highest BCUT2D eigenvalue weighted by molar-refractivity contribution is 5.79. The first-order valence-corrected chi connectivity index (χ1v) is 7.89. The number of likely N-dealkylation sites (tertiary alicyclic amines) is 1. The van der Waals surface area contributed by atoms with Crippen molar-refractivity contribution in [1.29, 1.82) is 0 Å². The number of hydrogen-bond donors (Lipinski definition) is 1. The van der Waals surface area contributed by atoms with E-state index >= 15 is 0 Å². The van der Waals surface area contributed by atoms with Crippen molar-refractivity contribution in [3.63, 3.8) is 0 Å².